The number of nitrogens with zero attached hydrogens (tertiary/aromatic N) is 9. The Kier molecular flexibility index (Phi) is 21.0. The van der Waals surface area contributed by atoms with Crippen LogP contribution in [0.25, 0.3) is 0 Å². The first-order valence-corrected chi connectivity index (χ1v) is 33.9. The summed E-state index contributed by atoms with van der Waals surface area (Å²) in [5.74, 6) is 2.55. The summed E-state index contributed by atoms with van der Waals surface area (Å²) < 4.78 is -0.462. The van der Waals surface area contributed by atoms with Crippen LogP contribution in [0.2, 0.25) is 0 Å². The summed E-state index contributed by atoms with van der Waals surface area (Å²) in [4.78, 5) is 47.4. The third-order valence-corrected chi connectivity index (χ3v) is 22.1. The lowest BCUT2D eigenvalue weighted by Gasteiger charge is -2.58. The van der Waals surface area contributed by atoms with Gasteiger partial charge in [0.15, 0.2) is 0 Å². The number of rotatable bonds is 21. The summed E-state index contributed by atoms with van der Waals surface area (Å²) in [6.07, 6.45) is 30.3. The summed E-state index contributed by atoms with van der Waals surface area (Å²) >= 11 is 7.96. The number of hydrogen-bond acceptors (Lipinski definition) is 12. The smallest absolute Gasteiger partial charge is 0.232 e. The predicted octanol–water partition coefficient (Wildman–Crippen LogP) is 16.8. The molecule has 0 amide bonds. The second-order valence-corrected chi connectivity index (χ2v) is 34.3. The first-order valence-electron chi connectivity index (χ1n) is 30.6. The molecule has 12 nitrogen and oxygen atoms in total. The van der Waals surface area contributed by atoms with Gasteiger partial charge < -0.3 is 14.7 Å². The van der Waals surface area contributed by atoms with Gasteiger partial charge in [0.1, 0.15) is 10.8 Å². The zero-order chi connectivity index (χ0) is 54.9. The Morgan fingerprint density at radius 2 is 0.573 bits per heavy atom. The highest BCUT2D eigenvalue weighted by Crippen LogP contribution is 2.51. The van der Waals surface area contributed by atoms with E-state index in [0.29, 0.717) is 0 Å². The molecular formula is C60H108I3N9O3. The molecule has 3 aliphatic heterocycles. The molecular weight excluding hydrogens is 1280 g/mol. The number of anilines is 3. The van der Waals surface area contributed by atoms with Gasteiger partial charge in [0.2, 0.25) is 17.8 Å². The van der Waals surface area contributed by atoms with E-state index in [4.69, 9.17) is 29.5 Å². The summed E-state index contributed by atoms with van der Waals surface area (Å²) in [5.41, 5.74) is -1.28. The SMILES string of the molecule is CCCCN(c1nc(N(CCCC)C2CC(C)(C)N(OC3(I)CCCCC3)C(C)(C)C2)nc(N(CCCC)C2CC(C)(C)N(OC3(I)CCCCC3)C(C)(C)C2)n1)C1CC(C)(C)N(OC2(I)CCCCC2)C(C)(C)C1. The predicted molar refractivity (Wildman–Crippen MR) is 338 cm³/mol. The van der Waals surface area contributed by atoms with Crippen LogP contribution < -0.4 is 14.7 Å². The molecule has 1 aromatic rings. The number of unbranched alkanes of at least 4 members (excludes halogenated alkanes) is 3. The van der Waals surface area contributed by atoms with Crippen molar-refractivity contribution in [3.63, 3.8) is 0 Å². The van der Waals surface area contributed by atoms with Gasteiger partial charge in [-0.2, -0.15) is 30.1 Å². The van der Waals surface area contributed by atoms with E-state index in [-0.39, 0.29) is 62.2 Å². The maximum Gasteiger partial charge on any atom is 0.232 e. The fourth-order valence-electron chi connectivity index (χ4n) is 15.1. The van der Waals surface area contributed by atoms with Gasteiger partial charge in [0.25, 0.3) is 0 Å². The fourth-order valence-corrected chi connectivity index (χ4v) is 18.0. The van der Waals surface area contributed by atoms with E-state index in [9.17, 15) is 0 Å². The minimum absolute atomic E-state index is 0.154. The van der Waals surface area contributed by atoms with Crippen LogP contribution in [0.4, 0.5) is 17.8 Å². The van der Waals surface area contributed by atoms with Crippen molar-refractivity contribution in [3.05, 3.63) is 0 Å². The van der Waals surface area contributed by atoms with Crippen molar-refractivity contribution in [1.29, 1.82) is 0 Å². The average molecular weight is 1380 g/mol. The molecule has 3 saturated heterocycles. The monoisotopic (exact) mass is 1380 g/mol. The molecule has 3 aliphatic carbocycles. The Labute approximate surface area is 499 Å². The van der Waals surface area contributed by atoms with E-state index in [1.807, 2.05) is 0 Å². The number of hydrogen-bond donors (Lipinski definition) is 0. The van der Waals surface area contributed by atoms with Crippen LogP contribution in [0, 0.1) is 0 Å². The zero-order valence-electron chi connectivity index (χ0n) is 50.3. The van der Waals surface area contributed by atoms with Crippen molar-refractivity contribution in [2.45, 2.75) is 339 Å². The quantitative estimate of drug-likeness (QED) is 0.0868. The summed E-state index contributed by atoms with van der Waals surface area (Å²) in [5, 5.41) is 7.28. The third kappa shape index (κ3) is 15.3. The standard InChI is InChI=1S/C60H108I3N9O3/c1-16-19-37-67(46-40-52(4,5)70(53(6,7)41-46)73-58(61)31-25-22-26-32-58)49-64-50(68(38-20-17-2)47-42-54(8,9)71(55(10,11)43-47)74-59(62)33-27-23-28-34-59)66-51(65-49)69(39-21-18-3)48-44-56(12,13)72(57(14,15)45-48)75-60(63)35-29-24-30-36-60/h46-48H,16-45H2,1-15H3. The number of alkyl halides is 3. The highest BCUT2D eigenvalue weighted by atomic mass is 127. The molecule has 7 rings (SSSR count). The normalized spacial score (nSPS) is 27.0. The van der Waals surface area contributed by atoms with Gasteiger partial charge in [0, 0.05) is 71.0 Å². The topological polar surface area (TPSA) is 85.8 Å². The lowest BCUT2D eigenvalue weighted by atomic mass is 9.78. The molecule has 0 N–H and O–H groups in total. The number of halogens is 3. The second kappa shape index (κ2) is 25.1. The first-order chi connectivity index (χ1) is 35.0. The Hall–Kier alpha value is 0.360. The van der Waals surface area contributed by atoms with E-state index in [1.165, 1.54) is 57.8 Å². The fraction of sp³-hybridized carbons (Fsp3) is 0.950. The van der Waals surface area contributed by atoms with E-state index < -0.39 is 0 Å². The van der Waals surface area contributed by atoms with Crippen molar-refractivity contribution in [3.8, 4) is 0 Å². The van der Waals surface area contributed by atoms with Gasteiger partial charge in [-0.1, -0.05) is 59.3 Å². The Bertz CT molecular complexity index is 1700. The van der Waals surface area contributed by atoms with Gasteiger partial charge in [-0.25, -0.2) is 0 Å². The molecule has 1 aromatic heterocycles. The van der Waals surface area contributed by atoms with E-state index in [2.05, 4.69) is 202 Å². The minimum Gasteiger partial charge on any atom is -0.337 e. The number of aromatic nitrogens is 3. The molecule has 0 bridgehead atoms. The van der Waals surface area contributed by atoms with Crippen molar-refractivity contribution in [2.24, 2.45) is 0 Å². The summed E-state index contributed by atoms with van der Waals surface area (Å²) in [7, 11) is 0. The van der Waals surface area contributed by atoms with Crippen molar-refractivity contribution in [1.82, 2.24) is 30.1 Å². The molecule has 0 atom stereocenters. The first kappa shape index (κ1) is 63.0. The van der Waals surface area contributed by atoms with Crippen LogP contribution in [0.3, 0.4) is 0 Å². The molecule has 15 heteroatoms. The Balaban J connectivity index is 1.33. The average Bonchev–Trinajstić information content (AvgIpc) is 3.31. The van der Waals surface area contributed by atoms with Crippen LogP contribution >= 0.6 is 67.8 Å². The van der Waals surface area contributed by atoms with Gasteiger partial charge in [-0.05, 0) is 286 Å². The lowest BCUT2D eigenvalue weighted by molar-refractivity contribution is -0.315. The van der Waals surface area contributed by atoms with Gasteiger partial charge in [0.05, 0.1) is 0 Å². The zero-order valence-corrected chi connectivity index (χ0v) is 56.8. The molecule has 4 heterocycles. The Morgan fingerprint density at radius 3 is 0.760 bits per heavy atom. The minimum atomic E-state index is -0.214. The van der Waals surface area contributed by atoms with Crippen LogP contribution in [-0.2, 0) is 14.5 Å². The number of piperidine rings is 3. The van der Waals surface area contributed by atoms with Crippen LogP contribution in [0.1, 0.15) is 277 Å². The van der Waals surface area contributed by atoms with E-state index in [0.717, 1.165) is 153 Å². The largest absolute Gasteiger partial charge is 0.337 e. The highest BCUT2D eigenvalue weighted by molar-refractivity contribution is 14.1. The van der Waals surface area contributed by atoms with Gasteiger partial charge >= 0.3 is 0 Å². The van der Waals surface area contributed by atoms with Gasteiger partial charge in [-0.15, -0.1) is 0 Å². The van der Waals surface area contributed by atoms with Crippen molar-refractivity contribution < 1.29 is 14.5 Å². The molecule has 0 spiro atoms. The van der Waals surface area contributed by atoms with Crippen molar-refractivity contribution >= 4 is 85.6 Å². The van der Waals surface area contributed by atoms with Crippen molar-refractivity contribution in [2.75, 3.05) is 34.3 Å². The maximum absolute atomic E-state index is 7.28. The van der Waals surface area contributed by atoms with Crippen LogP contribution in [0.15, 0.2) is 0 Å². The second-order valence-electron chi connectivity index (χ2n) is 28.4. The number of hydroxylamine groups is 6. The third-order valence-electron chi connectivity index (χ3n) is 18.2. The lowest BCUT2D eigenvalue weighted by Crippen LogP contribution is -2.66. The maximum atomic E-state index is 7.28. The molecule has 0 unspecified atom stereocenters. The van der Waals surface area contributed by atoms with Crippen LogP contribution in [0.5, 0.6) is 0 Å². The molecule has 3 saturated carbocycles. The van der Waals surface area contributed by atoms with E-state index >= 15 is 0 Å². The molecule has 6 fully saturated rings. The van der Waals surface area contributed by atoms with Crippen LogP contribution in [-0.4, -0.2) is 112 Å². The molecule has 0 radical (unpaired) electrons. The summed E-state index contributed by atoms with van der Waals surface area (Å²) in [6, 6.07) is 0.643. The molecule has 0 aromatic carbocycles. The molecule has 6 aliphatic rings. The molecule has 75 heavy (non-hydrogen) atoms. The highest BCUT2D eigenvalue weighted by Gasteiger charge is 2.55. The van der Waals surface area contributed by atoms with E-state index in [1.54, 1.807) is 0 Å². The van der Waals surface area contributed by atoms with Gasteiger partial charge in [-0.3, -0.25) is 14.5 Å². The molecule has 432 valence electrons. The Morgan fingerprint density at radius 1 is 0.373 bits per heavy atom. The summed E-state index contributed by atoms with van der Waals surface area (Å²) in [6.45, 7) is 38.8.